The lowest BCUT2D eigenvalue weighted by atomic mass is 9.95. The van der Waals surface area contributed by atoms with Crippen molar-refractivity contribution in [1.29, 1.82) is 0 Å². The van der Waals surface area contributed by atoms with Crippen molar-refractivity contribution < 1.29 is 23.1 Å². The summed E-state index contributed by atoms with van der Waals surface area (Å²) in [5, 5.41) is 19.0. The summed E-state index contributed by atoms with van der Waals surface area (Å²) in [6.07, 6.45) is 5.17. The Balaban J connectivity index is 1.24. The first-order valence-electron chi connectivity index (χ1n) is 19.4. The molecule has 2 heterocycles. The summed E-state index contributed by atoms with van der Waals surface area (Å²) in [4.78, 5) is 47.3. The summed E-state index contributed by atoms with van der Waals surface area (Å²) in [6, 6.07) is 23.4. The molecule has 0 unspecified atom stereocenters. The first-order valence-corrected chi connectivity index (χ1v) is 20.8. The maximum Gasteiger partial charge on any atom is 0.321 e. The van der Waals surface area contributed by atoms with Gasteiger partial charge < -0.3 is 20.2 Å². The highest BCUT2D eigenvalue weighted by Gasteiger charge is 2.41. The van der Waals surface area contributed by atoms with Crippen molar-refractivity contribution in [3.63, 3.8) is 0 Å². The van der Waals surface area contributed by atoms with Crippen LogP contribution in [0.25, 0.3) is 10.9 Å². The summed E-state index contributed by atoms with van der Waals surface area (Å²) in [5.74, 6) is -0.443. The number of hydrogen-bond acceptors (Lipinski definition) is 8. The van der Waals surface area contributed by atoms with Gasteiger partial charge in [0.2, 0.25) is 15.9 Å². The number of benzene rings is 3. The Morgan fingerprint density at radius 3 is 2.42 bits per heavy atom. The Morgan fingerprint density at radius 1 is 0.982 bits per heavy atom. The molecule has 55 heavy (non-hydrogen) atoms. The lowest BCUT2D eigenvalue weighted by Crippen LogP contribution is -2.57. The minimum Gasteiger partial charge on any atom is -0.390 e. The van der Waals surface area contributed by atoms with Crippen molar-refractivity contribution in [3.8, 4) is 0 Å². The minimum atomic E-state index is -4.06. The zero-order chi connectivity index (χ0) is 39.0. The number of carbonyl (C=O) groups is 2. The SMILES string of the molecule is CC[C@H](C)[C@@H](C(=O)N[C@@H](Cc1ccccc1)[C@H](O)CN(CC1CCCC1)S(=O)(=O)c1ccc(CN=O)cc1)N1CCN(Cc2cccc3cccnc23)C1=O. The number of pyridine rings is 1. The van der Waals surface area contributed by atoms with Crippen LogP contribution in [0.2, 0.25) is 0 Å². The second-order valence-electron chi connectivity index (χ2n) is 15.0. The van der Waals surface area contributed by atoms with E-state index < -0.39 is 28.2 Å². The molecule has 4 atom stereocenters. The van der Waals surface area contributed by atoms with Crippen LogP contribution in [0.1, 0.15) is 62.6 Å². The number of nitroso groups, excluding NO2 is 1. The van der Waals surface area contributed by atoms with Gasteiger partial charge in [0.15, 0.2) is 0 Å². The van der Waals surface area contributed by atoms with Gasteiger partial charge in [0, 0.05) is 44.3 Å². The average Bonchev–Trinajstić information content (AvgIpc) is 3.84. The zero-order valence-corrected chi connectivity index (χ0v) is 32.5. The Morgan fingerprint density at radius 2 is 1.71 bits per heavy atom. The van der Waals surface area contributed by atoms with Crippen LogP contribution in [-0.2, 0) is 34.3 Å². The molecule has 4 aromatic rings. The summed E-state index contributed by atoms with van der Waals surface area (Å²) >= 11 is 0. The number of carbonyl (C=O) groups excluding carboxylic acids is 2. The molecule has 1 saturated heterocycles. The average molecular weight is 769 g/mol. The van der Waals surface area contributed by atoms with Crippen molar-refractivity contribution in [2.75, 3.05) is 26.2 Å². The summed E-state index contributed by atoms with van der Waals surface area (Å²) in [5.41, 5.74) is 3.22. The van der Waals surface area contributed by atoms with Crippen LogP contribution >= 0.6 is 0 Å². The number of hydrogen-bond donors (Lipinski definition) is 2. The quantitative estimate of drug-likeness (QED) is 0.116. The predicted molar refractivity (Wildman–Crippen MR) is 212 cm³/mol. The third-order valence-corrected chi connectivity index (χ3v) is 13.1. The van der Waals surface area contributed by atoms with Crippen molar-refractivity contribution >= 4 is 32.9 Å². The smallest absolute Gasteiger partial charge is 0.321 e. The molecule has 3 aromatic carbocycles. The van der Waals surface area contributed by atoms with E-state index in [0.717, 1.165) is 47.7 Å². The molecule has 6 rings (SSSR count). The van der Waals surface area contributed by atoms with Crippen LogP contribution in [0.15, 0.2) is 101 Å². The van der Waals surface area contributed by atoms with Crippen LogP contribution < -0.4 is 5.32 Å². The number of aromatic nitrogens is 1. The highest BCUT2D eigenvalue weighted by Crippen LogP contribution is 2.29. The molecule has 13 heteroatoms. The van der Waals surface area contributed by atoms with E-state index in [-0.39, 0.29) is 54.7 Å². The summed E-state index contributed by atoms with van der Waals surface area (Å²) < 4.78 is 29.7. The highest BCUT2D eigenvalue weighted by atomic mass is 32.2. The largest absolute Gasteiger partial charge is 0.390 e. The highest BCUT2D eigenvalue weighted by molar-refractivity contribution is 7.89. The van der Waals surface area contributed by atoms with Gasteiger partial charge in [-0.2, -0.15) is 9.21 Å². The van der Waals surface area contributed by atoms with E-state index in [4.69, 9.17) is 0 Å². The van der Waals surface area contributed by atoms with E-state index in [1.165, 1.54) is 16.4 Å². The van der Waals surface area contributed by atoms with Crippen molar-refractivity contribution in [2.45, 2.75) is 88.5 Å². The molecule has 1 aliphatic carbocycles. The minimum absolute atomic E-state index is 0.0595. The standard InChI is InChI=1S/C42H52N6O6S/c1-3-30(2)40(48-24-23-46(42(48)51)28-35-16-9-15-34-17-10-22-43-39(34)35)41(50)45-37(25-31-11-5-4-6-12-31)38(49)29-47(27-33-13-7-8-14-33)55(53,54)36-20-18-32(19-21-36)26-44-52/h4-6,9-12,15-22,30,33,37-38,40,49H,3,7-8,13-14,23-29H2,1-2H3,(H,45,50)/t30-,37-,38+,40-/m0/s1. The van der Waals surface area contributed by atoms with Crippen molar-refractivity contribution in [3.05, 3.63) is 113 Å². The van der Waals surface area contributed by atoms with Gasteiger partial charge in [-0.05, 0) is 66.0 Å². The molecule has 2 aliphatic rings. The first kappa shape index (κ1) is 40.0. The fraction of sp³-hybridized carbons (Fsp3) is 0.452. The lowest BCUT2D eigenvalue weighted by Gasteiger charge is -2.35. The van der Waals surface area contributed by atoms with E-state index in [1.54, 1.807) is 28.1 Å². The molecule has 2 fully saturated rings. The number of urea groups is 1. The van der Waals surface area contributed by atoms with E-state index in [0.29, 0.717) is 31.6 Å². The monoisotopic (exact) mass is 768 g/mol. The van der Waals surface area contributed by atoms with Gasteiger partial charge in [0.25, 0.3) is 0 Å². The van der Waals surface area contributed by atoms with Gasteiger partial charge in [-0.15, -0.1) is 0 Å². The number of amides is 3. The first-order chi connectivity index (χ1) is 26.6. The summed E-state index contributed by atoms with van der Waals surface area (Å²) in [6.45, 7) is 5.03. The third-order valence-electron chi connectivity index (χ3n) is 11.2. The Kier molecular flexibility index (Phi) is 13.3. The number of sulfonamides is 1. The van der Waals surface area contributed by atoms with E-state index in [1.807, 2.05) is 74.5 Å². The van der Waals surface area contributed by atoms with Crippen LogP contribution in [0.5, 0.6) is 0 Å². The second kappa shape index (κ2) is 18.3. The predicted octanol–water partition coefficient (Wildman–Crippen LogP) is 6.12. The van der Waals surface area contributed by atoms with Gasteiger partial charge in [0.1, 0.15) is 12.6 Å². The molecule has 0 spiro atoms. The number of para-hydroxylation sites is 1. The normalized spacial score (nSPS) is 17.4. The fourth-order valence-corrected chi connectivity index (χ4v) is 9.47. The number of nitrogens with one attached hydrogen (secondary N) is 1. The molecule has 292 valence electrons. The number of fused-ring (bicyclic) bond motifs is 1. The van der Waals surface area contributed by atoms with Gasteiger partial charge >= 0.3 is 6.03 Å². The van der Waals surface area contributed by atoms with Gasteiger partial charge in [-0.3, -0.25) is 9.78 Å². The van der Waals surface area contributed by atoms with Gasteiger partial charge in [-0.1, -0.05) is 105 Å². The van der Waals surface area contributed by atoms with Crippen LogP contribution in [-0.4, -0.2) is 88.9 Å². The topological polar surface area (TPSA) is 153 Å². The van der Waals surface area contributed by atoms with Crippen LogP contribution in [0, 0.1) is 16.7 Å². The molecule has 1 aromatic heterocycles. The second-order valence-corrected chi connectivity index (χ2v) is 16.9. The maximum atomic E-state index is 14.5. The number of aliphatic hydroxyl groups excluding tert-OH is 1. The summed E-state index contributed by atoms with van der Waals surface area (Å²) in [7, 11) is -4.06. The maximum absolute atomic E-state index is 14.5. The Labute approximate surface area is 324 Å². The third kappa shape index (κ3) is 9.57. The molecule has 0 bridgehead atoms. The van der Waals surface area contributed by atoms with Gasteiger partial charge in [0.05, 0.1) is 22.6 Å². The molecular weight excluding hydrogens is 717 g/mol. The van der Waals surface area contributed by atoms with E-state index in [2.05, 4.69) is 15.5 Å². The fourth-order valence-electron chi connectivity index (χ4n) is 7.93. The lowest BCUT2D eigenvalue weighted by molar-refractivity contribution is -0.128. The Bertz CT molecular complexity index is 2020. The van der Waals surface area contributed by atoms with Crippen LogP contribution in [0.3, 0.4) is 0 Å². The zero-order valence-electron chi connectivity index (χ0n) is 31.7. The molecule has 1 aliphatic heterocycles. The molecule has 12 nitrogen and oxygen atoms in total. The molecule has 3 amide bonds. The molecule has 0 radical (unpaired) electrons. The van der Waals surface area contributed by atoms with Crippen LogP contribution in [0.4, 0.5) is 4.79 Å². The number of aliphatic hydroxyl groups is 1. The molecule has 2 N–H and O–H groups in total. The van der Waals surface area contributed by atoms with E-state index >= 15 is 0 Å². The molecule has 1 saturated carbocycles. The molecular formula is C42H52N6O6S. The van der Waals surface area contributed by atoms with Crippen molar-refractivity contribution in [2.24, 2.45) is 17.0 Å². The van der Waals surface area contributed by atoms with Gasteiger partial charge in [-0.25, -0.2) is 13.2 Å². The number of rotatable bonds is 18. The Hall–Kier alpha value is -4.72. The van der Waals surface area contributed by atoms with E-state index in [9.17, 15) is 28.0 Å². The van der Waals surface area contributed by atoms with Crippen molar-refractivity contribution in [1.82, 2.24) is 24.4 Å². The number of nitrogens with zero attached hydrogens (tertiary/aromatic N) is 5.